The van der Waals surface area contributed by atoms with Gasteiger partial charge in [-0.1, -0.05) is 37.6 Å². The highest BCUT2D eigenvalue weighted by atomic mass is 16.4. The van der Waals surface area contributed by atoms with Gasteiger partial charge in [0, 0.05) is 6.04 Å². The number of rotatable bonds is 6. The van der Waals surface area contributed by atoms with Gasteiger partial charge in [-0.15, -0.1) is 0 Å². The van der Waals surface area contributed by atoms with Crippen molar-refractivity contribution in [2.75, 3.05) is 0 Å². The molecule has 0 aliphatic rings. The van der Waals surface area contributed by atoms with E-state index >= 15 is 0 Å². The molecule has 0 fully saturated rings. The standard InChI is InChI=1S/C13H19NO2/c1-2-3-4-10-5-7-11(8-6-10)12(14)9-13(15)16/h5-8,12H,2-4,9,14H2,1H3,(H,15,16)/t12-/m0/s1. The van der Waals surface area contributed by atoms with Crippen LogP contribution >= 0.6 is 0 Å². The Morgan fingerprint density at radius 1 is 1.38 bits per heavy atom. The molecule has 0 saturated carbocycles. The van der Waals surface area contributed by atoms with E-state index in [9.17, 15) is 4.79 Å². The molecule has 1 aromatic rings. The number of carboxylic acids is 1. The molecule has 1 aromatic carbocycles. The van der Waals surface area contributed by atoms with Crippen LogP contribution in [0.3, 0.4) is 0 Å². The Morgan fingerprint density at radius 2 is 2.00 bits per heavy atom. The first-order chi connectivity index (χ1) is 7.63. The molecule has 0 unspecified atom stereocenters. The van der Waals surface area contributed by atoms with Crippen LogP contribution in [0.25, 0.3) is 0 Å². The lowest BCUT2D eigenvalue weighted by molar-refractivity contribution is -0.137. The van der Waals surface area contributed by atoms with E-state index in [1.54, 1.807) is 0 Å². The summed E-state index contributed by atoms with van der Waals surface area (Å²) in [5, 5.41) is 8.64. The van der Waals surface area contributed by atoms with E-state index in [-0.39, 0.29) is 6.42 Å². The molecular formula is C13H19NO2. The number of carbonyl (C=O) groups is 1. The van der Waals surface area contributed by atoms with Crippen molar-refractivity contribution in [2.45, 2.75) is 38.6 Å². The molecule has 0 aliphatic heterocycles. The minimum Gasteiger partial charge on any atom is -0.481 e. The molecule has 1 atom stereocenters. The van der Waals surface area contributed by atoms with E-state index in [1.165, 1.54) is 18.4 Å². The van der Waals surface area contributed by atoms with Crippen molar-refractivity contribution < 1.29 is 9.90 Å². The number of benzene rings is 1. The Morgan fingerprint density at radius 3 is 2.50 bits per heavy atom. The van der Waals surface area contributed by atoms with Gasteiger partial charge in [-0.05, 0) is 24.0 Å². The average Bonchev–Trinajstić information content (AvgIpc) is 2.26. The van der Waals surface area contributed by atoms with Gasteiger partial charge in [0.1, 0.15) is 0 Å². The Labute approximate surface area is 96.3 Å². The molecule has 16 heavy (non-hydrogen) atoms. The number of aliphatic carboxylic acids is 1. The summed E-state index contributed by atoms with van der Waals surface area (Å²) in [6.45, 7) is 2.16. The highest BCUT2D eigenvalue weighted by Gasteiger charge is 2.09. The van der Waals surface area contributed by atoms with Crippen LogP contribution in [0.5, 0.6) is 0 Å². The zero-order valence-electron chi connectivity index (χ0n) is 9.65. The highest BCUT2D eigenvalue weighted by molar-refractivity contribution is 5.67. The Kier molecular flexibility index (Phi) is 4.99. The monoisotopic (exact) mass is 221 g/mol. The number of carboxylic acid groups (broad SMARTS) is 1. The van der Waals surface area contributed by atoms with Gasteiger partial charge < -0.3 is 10.8 Å². The highest BCUT2D eigenvalue weighted by Crippen LogP contribution is 2.15. The van der Waals surface area contributed by atoms with Crippen LogP contribution in [-0.2, 0) is 11.2 Å². The summed E-state index contributed by atoms with van der Waals surface area (Å²) in [6.07, 6.45) is 3.42. The molecule has 0 radical (unpaired) electrons. The van der Waals surface area contributed by atoms with Gasteiger partial charge in [0.15, 0.2) is 0 Å². The van der Waals surface area contributed by atoms with Gasteiger partial charge in [-0.25, -0.2) is 0 Å². The second-order valence-corrected chi connectivity index (χ2v) is 4.05. The molecule has 3 N–H and O–H groups in total. The van der Waals surface area contributed by atoms with E-state index in [4.69, 9.17) is 10.8 Å². The molecule has 0 amide bonds. The van der Waals surface area contributed by atoms with Crippen LogP contribution in [0.15, 0.2) is 24.3 Å². The molecule has 0 heterocycles. The van der Waals surface area contributed by atoms with Crippen molar-refractivity contribution in [2.24, 2.45) is 5.73 Å². The Bertz CT molecular complexity index is 332. The molecule has 0 aromatic heterocycles. The van der Waals surface area contributed by atoms with Crippen molar-refractivity contribution >= 4 is 5.97 Å². The first-order valence-electron chi connectivity index (χ1n) is 5.69. The number of nitrogens with two attached hydrogens (primary N) is 1. The third-order valence-corrected chi connectivity index (χ3v) is 2.62. The van der Waals surface area contributed by atoms with Crippen LogP contribution in [0.1, 0.15) is 43.4 Å². The maximum Gasteiger partial charge on any atom is 0.305 e. The van der Waals surface area contributed by atoms with E-state index in [0.717, 1.165) is 12.0 Å². The van der Waals surface area contributed by atoms with Gasteiger partial charge in [0.25, 0.3) is 0 Å². The van der Waals surface area contributed by atoms with Crippen molar-refractivity contribution in [1.82, 2.24) is 0 Å². The number of hydrogen-bond donors (Lipinski definition) is 2. The molecule has 1 rings (SSSR count). The summed E-state index contributed by atoms with van der Waals surface area (Å²) in [7, 11) is 0. The zero-order valence-corrected chi connectivity index (χ0v) is 9.65. The van der Waals surface area contributed by atoms with Crippen molar-refractivity contribution in [3.8, 4) is 0 Å². The molecule has 3 heteroatoms. The smallest absolute Gasteiger partial charge is 0.305 e. The lowest BCUT2D eigenvalue weighted by Crippen LogP contribution is -2.14. The summed E-state index contributed by atoms with van der Waals surface area (Å²) in [6, 6.07) is 7.52. The predicted octanol–water partition coefficient (Wildman–Crippen LogP) is 2.50. The molecule has 0 saturated heterocycles. The van der Waals surface area contributed by atoms with Gasteiger partial charge in [-0.3, -0.25) is 4.79 Å². The maximum atomic E-state index is 10.5. The number of hydrogen-bond acceptors (Lipinski definition) is 2. The van der Waals surface area contributed by atoms with E-state index in [1.807, 2.05) is 24.3 Å². The van der Waals surface area contributed by atoms with E-state index < -0.39 is 12.0 Å². The first kappa shape index (κ1) is 12.7. The molecule has 0 bridgehead atoms. The second-order valence-electron chi connectivity index (χ2n) is 4.05. The topological polar surface area (TPSA) is 63.3 Å². The fourth-order valence-corrected chi connectivity index (χ4v) is 1.62. The van der Waals surface area contributed by atoms with E-state index in [0.29, 0.717) is 0 Å². The largest absolute Gasteiger partial charge is 0.481 e. The van der Waals surface area contributed by atoms with Crippen LogP contribution in [0, 0.1) is 0 Å². The Balaban J connectivity index is 2.59. The summed E-state index contributed by atoms with van der Waals surface area (Å²) >= 11 is 0. The molecular weight excluding hydrogens is 202 g/mol. The van der Waals surface area contributed by atoms with Gasteiger partial charge in [0.05, 0.1) is 6.42 Å². The van der Waals surface area contributed by atoms with Crippen molar-refractivity contribution in [3.63, 3.8) is 0 Å². The fraction of sp³-hybridized carbons (Fsp3) is 0.462. The van der Waals surface area contributed by atoms with Crippen molar-refractivity contribution in [3.05, 3.63) is 35.4 Å². The summed E-state index contributed by atoms with van der Waals surface area (Å²) in [5.41, 5.74) is 7.94. The van der Waals surface area contributed by atoms with Crippen LogP contribution in [0.4, 0.5) is 0 Å². The maximum absolute atomic E-state index is 10.5. The SMILES string of the molecule is CCCCc1ccc([C@@H](N)CC(=O)O)cc1. The zero-order chi connectivity index (χ0) is 12.0. The number of unbranched alkanes of at least 4 members (excludes halogenated alkanes) is 1. The number of aryl methyl sites for hydroxylation is 1. The van der Waals surface area contributed by atoms with Crippen molar-refractivity contribution in [1.29, 1.82) is 0 Å². The lowest BCUT2D eigenvalue weighted by atomic mass is 10.0. The van der Waals surface area contributed by atoms with Crippen LogP contribution < -0.4 is 5.73 Å². The Hall–Kier alpha value is -1.35. The summed E-state index contributed by atoms with van der Waals surface area (Å²) in [5.74, 6) is -0.859. The summed E-state index contributed by atoms with van der Waals surface area (Å²) in [4.78, 5) is 10.5. The van der Waals surface area contributed by atoms with Gasteiger partial charge in [0.2, 0.25) is 0 Å². The third kappa shape index (κ3) is 4.03. The second kappa shape index (κ2) is 6.28. The molecule has 88 valence electrons. The summed E-state index contributed by atoms with van der Waals surface area (Å²) < 4.78 is 0. The van der Waals surface area contributed by atoms with Crippen LogP contribution in [-0.4, -0.2) is 11.1 Å². The van der Waals surface area contributed by atoms with Crippen LogP contribution in [0.2, 0.25) is 0 Å². The lowest BCUT2D eigenvalue weighted by Gasteiger charge is -2.10. The average molecular weight is 221 g/mol. The third-order valence-electron chi connectivity index (χ3n) is 2.62. The quantitative estimate of drug-likeness (QED) is 0.775. The van der Waals surface area contributed by atoms with Gasteiger partial charge >= 0.3 is 5.97 Å². The normalized spacial score (nSPS) is 12.4. The minimum atomic E-state index is -0.859. The predicted molar refractivity (Wildman–Crippen MR) is 64.2 cm³/mol. The fourth-order valence-electron chi connectivity index (χ4n) is 1.62. The molecule has 3 nitrogen and oxygen atoms in total. The van der Waals surface area contributed by atoms with E-state index in [2.05, 4.69) is 6.92 Å². The van der Waals surface area contributed by atoms with Gasteiger partial charge in [-0.2, -0.15) is 0 Å². The first-order valence-corrected chi connectivity index (χ1v) is 5.69. The minimum absolute atomic E-state index is 0.0195. The molecule has 0 spiro atoms. The molecule has 0 aliphatic carbocycles.